The summed E-state index contributed by atoms with van der Waals surface area (Å²) in [5.41, 5.74) is 1.10. The zero-order chi connectivity index (χ0) is 19.3. The number of carboxylic acid groups (broad SMARTS) is 1. The van der Waals surface area contributed by atoms with E-state index in [0.717, 1.165) is 22.2 Å². The standard InChI is InChI=1S/C20H22N2O5/c1-3-20(19(26)27-2)15(23)8-9-22-14(18(24)25)10-12-11-6-4-5-7-13(11)21-16(12)17(20)22/h4-7,14,17,21H,3,8-10H2,1-2H3,(H,24,25)/t14-,17-,20+/m0/s1. The van der Waals surface area contributed by atoms with Crippen molar-refractivity contribution < 1.29 is 24.2 Å². The number of aromatic amines is 1. The zero-order valence-corrected chi connectivity index (χ0v) is 15.3. The van der Waals surface area contributed by atoms with Gasteiger partial charge in [-0.2, -0.15) is 0 Å². The minimum atomic E-state index is -1.41. The van der Waals surface area contributed by atoms with Crippen LogP contribution in [0.5, 0.6) is 0 Å². The number of piperidine rings is 1. The number of rotatable bonds is 3. The Morgan fingerprint density at radius 2 is 2.11 bits per heavy atom. The molecule has 7 nitrogen and oxygen atoms in total. The van der Waals surface area contributed by atoms with Crippen LogP contribution in [-0.4, -0.2) is 52.4 Å². The first kappa shape index (κ1) is 17.7. The molecule has 0 radical (unpaired) electrons. The molecule has 0 bridgehead atoms. The predicted molar refractivity (Wildman–Crippen MR) is 97.2 cm³/mol. The van der Waals surface area contributed by atoms with Gasteiger partial charge in [0.05, 0.1) is 13.2 Å². The summed E-state index contributed by atoms with van der Waals surface area (Å²) in [6, 6.07) is 6.20. The Labute approximate surface area is 156 Å². The SMILES string of the molecule is CC[C@@]1(C(=O)OC)C(=O)CCN2[C@H]1c1[nH]c3ccccc3c1C[C@H]2C(=O)O. The molecule has 0 aliphatic carbocycles. The summed E-state index contributed by atoms with van der Waals surface area (Å²) < 4.78 is 5.04. The van der Waals surface area contributed by atoms with Crippen LogP contribution in [0.2, 0.25) is 0 Å². The van der Waals surface area contributed by atoms with Gasteiger partial charge < -0.3 is 14.8 Å². The number of para-hydroxylation sites is 1. The molecule has 0 unspecified atom stereocenters. The highest BCUT2D eigenvalue weighted by atomic mass is 16.5. The number of benzene rings is 1. The molecular formula is C20H22N2O5. The molecule has 2 aliphatic rings. The summed E-state index contributed by atoms with van der Waals surface area (Å²) in [4.78, 5) is 43.1. The van der Waals surface area contributed by atoms with Crippen LogP contribution >= 0.6 is 0 Å². The summed E-state index contributed by atoms with van der Waals surface area (Å²) in [5, 5.41) is 10.8. The van der Waals surface area contributed by atoms with Gasteiger partial charge in [0, 0.05) is 36.0 Å². The molecule has 1 aromatic heterocycles. The number of esters is 1. The van der Waals surface area contributed by atoms with Crippen LogP contribution in [0.15, 0.2) is 24.3 Å². The normalized spacial score (nSPS) is 27.9. The molecule has 0 amide bonds. The molecule has 1 aromatic carbocycles. The first-order valence-corrected chi connectivity index (χ1v) is 9.15. The fraction of sp³-hybridized carbons (Fsp3) is 0.450. The van der Waals surface area contributed by atoms with Crippen LogP contribution in [0.3, 0.4) is 0 Å². The number of hydrogen-bond donors (Lipinski definition) is 2. The van der Waals surface area contributed by atoms with Crippen molar-refractivity contribution in [1.29, 1.82) is 0 Å². The number of ether oxygens (including phenoxy) is 1. The van der Waals surface area contributed by atoms with E-state index < -0.39 is 29.4 Å². The third-order valence-corrected chi connectivity index (χ3v) is 6.20. The highest BCUT2D eigenvalue weighted by Gasteiger charge is 2.60. The number of H-pyrrole nitrogens is 1. The molecule has 3 heterocycles. The number of nitrogens with zero attached hydrogens (tertiary/aromatic N) is 1. The molecule has 27 heavy (non-hydrogen) atoms. The van der Waals surface area contributed by atoms with Gasteiger partial charge >= 0.3 is 11.9 Å². The Kier molecular flexibility index (Phi) is 4.07. The summed E-state index contributed by atoms with van der Waals surface area (Å²) in [6.45, 7) is 2.10. The number of carbonyl (C=O) groups excluding carboxylic acids is 2. The molecule has 142 valence electrons. The number of methoxy groups -OCH3 is 1. The van der Waals surface area contributed by atoms with Gasteiger partial charge in [-0.25, -0.2) is 0 Å². The summed E-state index contributed by atoms with van der Waals surface area (Å²) in [5.74, 6) is -1.73. The van der Waals surface area contributed by atoms with Crippen LogP contribution in [0.25, 0.3) is 10.9 Å². The molecule has 0 spiro atoms. The number of nitrogens with one attached hydrogen (secondary N) is 1. The van der Waals surface area contributed by atoms with Crippen LogP contribution in [0, 0.1) is 5.41 Å². The van der Waals surface area contributed by atoms with Gasteiger partial charge in [-0.15, -0.1) is 0 Å². The molecule has 2 aliphatic heterocycles. The average Bonchev–Trinajstić information content (AvgIpc) is 3.05. The quantitative estimate of drug-likeness (QED) is 0.634. The van der Waals surface area contributed by atoms with Crippen molar-refractivity contribution in [1.82, 2.24) is 9.88 Å². The Hall–Kier alpha value is -2.67. The average molecular weight is 370 g/mol. The lowest BCUT2D eigenvalue weighted by atomic mass is 9.66. The number of carboxylic acids is 1. The van der Waals surface area contributed by atoms with E-state index in [9.17, 15) is 19.5 Å². The van der Waals surface area contributed by atoms with E-state index >= 15 is 0 Å². The van der Waals surface area contributed by atoms with E-state index in [1.807, 2.05) is 24.3 Å². The first-order valence-electron chi connectivity index (χ1n) is 9.15. The minimum Gasteiger partial charge on any atom is -0.480 e. The van der Waals surface area contributed by atoms with E-state index in [1.165, 1.54) is 7.11 Å². The Balaban J connectivity index is 2.02. The fourth-order valence-corrected chi connectivity index (χ4v) is 4.92. The second-order valence-electron chi connectivity index (χ2n) is 7.25. The fourth-order valence-electron chi connectivity index (χ4n) is 4.92. The maximum absolute atomic E-state index is 13.0. The van der Waals surface area contributed by atoms with Crippen molar-refractivity contribution in [3.8, 4) is 0 Å². The molecular weight excluding hydrogens is 348 g/mol. The van der Waals surface area contributed by atoms with Gasteiger partial charge in [-0.05, 0) is 18.1 Å². The van der Waals surface area contributed by atoms with E-state index in [4.69, 9.17) is 4.74 Å². The highest BCUT2D eigenvalue weighted by Crippen LogP contribution is 2.52. The third kappa shape index (κ3) is 2.27. The highest BCUT2D eigenvalue weighted by molar-refractivity contribution is 6.06. The van der Waals surface area contributed by atoms with Crippen molar-refractivity contribution >= 4 is 28.6 Å². The number of aromatic nitrogens is 1. The molecule has 4 rings (SSSR count). The maximum Gasteiger partial charge on any atom is 0.321 e. The Bertz CT molecular complexity index is 939. The lowest BCUT2D eigenvalue weighted by molar-refractivity contribution is -0.173. The maximum atomic E-state index is 13.0. The molecule has 0 saturated carbocycles. The molecule has 2 N–H and O–H groups in total. The molecule has 1 saturated heterocycles. The molecule has 1 fully saturated rings. The zero-order valence-electron chi connectivity index (χ0n) is 15.3. The minimum absolute atomic E-state index is 0.138. The number of aliphatic carboxylic acids is 1. The van der Waals surface area contributed by atoms with Crippen LogP contribution in [0.4, 0.5) is 0 Å². The number of ketones is 1. The van der Waals surface area contributed by atoms with Crippen molar-refractivity contribution in [2.24, 2.45) is 5.41 Å². The Morgan fingerprint density at radius 3 is 2.78 bits per heavy atom. The number of fused-ring (bicyclic) bond motifs is 5. The van der Waals surface area contributed by atoms with E-state index in [1.54, 1.807) is 11.8 Å². The summed E-state index contributed by atoms with van der Waals surface area (Å²) in [7, 11) is 1.27. The predicted octanol–water partition coefficient (Wildman–Crippen LogP) is 2.06. The lowest BCUT2D eigenvalue weighted by Crippen LogP contribution is -2.61. The van der Waals surface area contributed by atoms with Crippen molar-refractivity contribution in [3.63, 3.8) is 0 Å². The van der Waals surface area contributed by atoms with Gasteiger partial charge in [0.2, 0.25) is 0 Å². The largest absolute Gasteiger partial charge is 0.480 e. The smallest absolute Gasteiger partial charge is 0.321 e. The number of Topliss-reactive ketones (excluding diaryl/α,β-unsaturated/α-hetero) is 1. The topological polar surface area (TPSA) is 99.7 Å². The van der Waals surface area contributed by atoms with Crippen molar-refractivity contribution in [2.75, 3.05) is 13.7 Å². The number of carbonyl (C=O) groups is 3. The van der Waals surface area contributed by atoms with Crippen molar-refractivity contribution in [3.05, 3.63) is 35.5 Å². The lowest BCUT2D eigenvalue weighted by Gasteiger charge is -2.50. The summed E-state index contributed by atoms with van der Waals surface area (Å²) in [6.07, 6.45) is 0.722. The van der Waals surface area contributed by atoms with Crippen molar-refractivity contribution in [2.45, 2.75) is 38.3 Å². The number of hydrogen-bond acceptors (Lipinski definition) is 5. The van der Waals surface area contributed by atoms with Crippen LogP contribution in [-0.2, 0) is 25.5 Å². The van der Waals surface area contributed by atoms with Gasteiger partial charge in [-0.1, -0.05) is 25.1 Å². The summed E-state index contributed by atoms with van der Waals surface area (Å²) >= 11 is 0. The van der Waals surface area contributed by atoms with Gasteiger partial charge in [-0.3, -0.25) is 19.3 Å². The van der Waals surface area contributed by atoms with E-state index in [0.29, 0.717) is 13.0 Å². The molecule has 3 atom stereocenters. The van der Waals surface area contributed by atoms with E-state index in [2.05, 4.69) is 4.98 Å². The second kappa shape index (κ2) is 6.20. The first-order chi connectivity index (χ1) is 13.0. The second-order valence-corrected chi connectivity index (χ2v) is 7.25. The van der Waals surface area contributed by atoms with Gasteiger partial charge in [0.25, 0.3) is 0 Å². The molecule has 2 aromatic rings. The van der Waals surface area contributed by atoms with Gasteiger partial charge in [0.1, 0.15) is 11.5 Å². The third-order valence-electron chi connectivity index (χ3n) is 6.20. The monoisotopic (exact) mass is 370 g/mol. The van der Waals surface area contributed by atoms with Gasteiger partial charge in [0.15, 0.2) is 5.78 Å². The van der Waals surface area contributed by atoms with E-state index in [-0.39, 0.29) is 18.6 Å². The Morgan fingerprint density at radius 1 is 1.37 bits per heavy atom. The van der Waals surface area contributed by atoms with Crippen LogP contribution in [0.1, 0.15) is 37.1 Å². The van der Waals surface area contributed by atoms with Crippen LogP contribution < -0.4 is 0 Å². The molecule has 7 heteroatoms.